The van der Waals surface area contributed by atoms with Crippen molar-refractivity contribution in [2.75, 3.05) is 0 Å². The molecule has 0 saturated heterocycles. The molecule has 1 N–H and O–H groups in total. The molecule has 1 amide bonds. The highest BCUT2D eigenvalue weighted by molar-refractivity contribution is 5.85. The van der Waals surface area contributed by atoms with Crippen LogP contribution in [0.4, 0.5) is 0 Å². The van der Waals surface area contributed by atoms with Gasteiger partial charge in [0.1, 0.15) is 18.3 Å². The maximum atomic E-state index is 12.5. The van der Waals surface area contributed by atoms with E-state index in [-0.39, 0.29) is 24.9 Å². The first-order chi connectivity index (χ1) is 13.5. The number of nitrogens with zero attached hydrogens (tertiary/aromatic N) is 1. The number of nitrogens with one attached hydrogen (secondary N) is 1. The van der Waals surface area contributed by atoms with Crippen LogP contribution in [-0.4, -0.2) is 23.1 Å². The molecule has 3 aromatic rings. The number of esters is 1. The zero-order chi connectivity index (χ0) is 19.9. The van der Waals surface area contributed by atoms with Gasteiger partial charge in [0.05, 0.1) is 12.7 Å². The van der Waals surface area contributed by atoms with Crippen LogP contribution in [0.25, 0.3) is 11.5 Å². The van der Waals surface area contributed by atoms with Gasteiger partial charge in [0, 0.05) is 6.07 Å². The topological polar surface area (TPSA) is 94.6 Å². The summed E-state index contributed by atoms with van der Waals surface area (Å²) in [6.45, 7) is 3.64. The lowest BCUT2D eigenvalue weighted by Crippen LogP contribution is -2.45. The molecular formula is C21H22N2O5. The lowest BCUT2D eigenvalue weighted by atomic mass is 10.0. The van der Waals surface area contributed by atoms with Gasteiger partial charge in [-0.2, -0.15) is 0 Å². The van der Waals surface area contributed by atoms with Crippen molar-refractivity contribution in [3.05, 3.63) is 66.1 Å². The summed E-state index contributed by atoms with van der Waals surface area (Å²) in [6.07, 6.45) is 1.73. The predicted octanol–water partition coefficient (Wildman–Crippen LogP) is 3.36. The van der Waals surface area contributed by atoms with Crippen LogP contribution < -0.4 is 5.32 Å². The molecule has 7 nitrogen and oxygen atoms in total. The van der Waals surface area contributed by atoms with Crippen LogP contribution in [-0.2, 0) is 27.4 Å². The smallest absolute Gasteiger partial charge is 0.329 e. The van der Waals surface area contributed by atoms with E-state index < -0.39 is 12.0 Å². The van der Waals surface area contributed by atoms with E-state index in [4.69, 9.17) is 13.7 Å². The summed E-state index contributed by atoms with van der Waals surface area (Å²) in [5.74, 6) is 0.122. The van der Waals surface area contributed by atoms with Gasteiger partial charge < -0.3 is 19.0 Å². The Hall–Kier alpha value is -3.35. The maximum Gasteiger partial charge on any atom is 0.329 e. The fourth-order valence-electron chi connectivity index (χ4n) is 2.65. The first-order valence-electron chi connectivity index (χ1n) is 9.02. The maximum absolute atomic E-state index is 12.5. The summed E-state index contributed by atoms with van der Waals surface area (Å²) in [6, 6.07) is 13.7. The molecule has 2 heterocycles. The Kier molecular flexibility index (Phi) is 6.26. The van der Waals surface area contributed by atoms with Crippen LogP contribution in [0, 0.1) is 5.92 Å². The Morgan fingerprint density at radius 1 is 1.11 bits per heavy atom. The Bertz CT molecular complexity index is 900. The quantitative estimate of drug-likeness (QED) is 0.600. The number of hydrogen-bond donors (Lipinski definition) is 1. The third kappa shape index (κ3) is 5.09. The summed E-state index contributed by atoms with van der Waals surface area (Å²) in [7, 11) is 0. The Balaban J connectivity index is 1.55. The molecule has 0 aliphatic carbocycles. The second kappa shape index (κ2) is 9.03. The predicted molar refractivity (Wildman–Crippen MR) is 101 cm³/mol. The van der Waals surface area contributed by atoms with E-state index in [2.05, 4.69) is 10.5 Å². The van der Waals surface area contributed by atoms with Gasteiger partial charge >= 0.3 is 5.97 Å². The summed E-state index contributed by atoms with van der Waals surface area (Å²) in [4.78, 5) is 24.8. The Morgan fingerprint density at radius 2 is 1.89 bits per heavy atom. The number of amides is 1. The molecule has 28 heavy (non-hydrogen) atoms. The first-order valence-corrected chi connectivity index (χ1v) is 9.02. The molecule has 1 atom stereocenters. The summed E-state index contributed by atoms with van der Waals surface area (Å²) in [5.41, 5.74) is 1.33. The zero-order valence-electron chi connectivity index (χ0n) is 15.8. The SMILES string of the molecule is CC(C)[C@H](NC(=O)Cc1ccccc1)C(=O)OCc1cc(-c2ccco2)on1. The highest BCUT2D eigenvalue weighted by Crippen LogP contribution is 2.21. The van der Waals surface area contributed by atoms with Crippen molar-refractivity contribution in [3.63, 3.8) is 0 Å². The van der Waals surface area contributed by atoms with Gasteiger partial charge in [-0.1, -0.05) is 49.3 Å². The molecule has 2 aromatic heterocycles. The van der Waals surface area contributed by atoms with E-state index in [0.29, 0.717) is 17.2 Å². The molecule has 0 bridgehead atoms. The van der Waals surface area contributed by atoms with Crippen molar-refractivity contribution in [2.24, 2.45) is 5.92 Å². The number of carbonyl (C=O) groups is 2. The lowest BCUT2D eigenvalue weighted by molar-refractivity contribution is -0.150. The van der Waals surface area contributed by atoms with Crippen molar-refractivity contribution >= 4 is 11.9 Å². The van der Waals surface area contributed by atoms with Crippen molar-refractivity contribution in [2.45, 2.75) is 32.9 Å². The summed E-state index contributed by atoms with van der Waals surface area (Å²) in [5, 5.41) is 6.62. The van der Waals surface area contributed by atoms with Gasteiger partial charge in [-0.3, -0.25) is 4.79 Å². The fraction of sp³-hybridized carbons (Fsp3) is 0.286. The number of rotatable bonds is 8. The summed E-state index contributed by atoms with van der Waals surface area (Å²) < 4.78 is 15.7. The minimum atomic E-state index is -0.743. The zero-order valence-corrected chi connectivity index (χ0v) is 15.8. The Labute approximate surface area is 162 Å². The van der Waals surface area contributed by atoms with E-state index in [1.165, 1.54) is 6.26 Å². The normalized spacial score (nSPS) is 12.0. The van der Waals surface area contributed by atoms with Gasteiger partial charge in [-0.05, 0) is 23.6 Å². The molecule has 3 rings (SSSR count). The van der Waals surface area contributed by atoms with E-state index in [1.807, 2.05) is 44.2 Å². The molecule has 0 radical (unpaired) electrons. The number of aromatic nitrogens is 1. The van der Waals surface area contributed by atoms with Gasteiger partial charge in [0.25, 0.3) is 0 Å². The number of hydrogen-bond acceptors (Lipinski definition) is 6. The second-order valence-corrected chi connectivity index (χ2v) is 6.72. The van der Waals surface area contributed by atoms with Crippen LogP contribution in [0.1, 0.15) is 25.1 Å². The number of benzene rings is 1. The highest BCUT2D eigenvalue weighted by Gasteiger charge is 2.26. The largest absolute Gasteiger partial charge is 0.461 e. The van der Waals surface area contributed by atoms with Crippen LogP contribution in [0.2, 0.25) is 0 Å². The molecular weight excluding hydrogens is 360 g/mol. The monoisotopic (exact) mass is 382 g/mol. The van der Waals surface area contributed by atoms with Crippen molar-refractivity contribution in [3.8, 4) is 11.5 Å². The molecule has 1 aromatic carbocycles. The van der Waals surface area contributed by atoms with Crippen LogP contribution in [0.3, 0.4) is 0 Å². The molecule has 0 fully saturated rings. The Morgan fingerprint density at radius 3 is 2.57 bits per heavy atom. The molecule has 0 aliphatic heterocycles. The van der Waals surface area contributed by atoms with Gasteiger partial charge in [0.2, 0.25) is 11.7 Å². The van der Waals surface area contributed by atoms with Crippen LogP contribution in [0.5, 0.6) is 0 Å². The minimum absolute atomic E-state index is 0.0547. The fourth-order valence-corrected chi connectivity index (χ4v) is 2.65. The first kappa shape index (κ1) is 19.4. The summed E-state index contributed by atoms with van der Waals surface area (Å²) >= 11 is 0. The van der Waals surface area contributed by atoms with Crippen LogP contribution in [0.15, 0.2) is 63.7 Å². The van der Waals surface area contributed by atoms with E-state index in [0.717, 1.165) is 5.56 Å². The second-order valence-electron chi connectivity index (χ2n) is 6.72. The molecule has 0 unspecified atom stereocenters. The number of carbonyl (C=O) groups excluding carboxylic acids is 2. The molecule has 146 valence electrons. The van der Waals surface area contributed by atoms with Gasteiger partial charge in [-0.25, -0.2) is 4.79 Å². The van der Waals surface area contributed by atoms with E-state index in [1.54, 1.807) is 18.2 Å². The highest BCUT2D eigenvalue weighted by atomic mass is 16.5. The average Bonchev–Trinajstić information content (AvgIpc) is 3.36. The van der Waals surface area contributed by atoms with Crippen molar-refractivity contribution in [1.29, 1.82) is 0 Å². The molecule has 0 aliphatic rings. The molecule has 0 saturated carbocycles. The van der Waals surface area contributed by atoms with Gasteiger partial charge in [-0.15, -0.1) is 0 Å². The average molecular weight is 382 g/mol. The molecule has 7 heteroatoms. The third-order valence-corrected chi connectivity index (χ3v) is 4.13. The van der Waals surface area contributed by atoms with E-state index >= 15 is 0 Å². The van der Waals surface area contributed by atoms with Crippen LogP contribution >= 0.6 is 0 Å². The van der Waals surface area contributed by atoms with Gasteiger partial charge in [0.15, 0.2) is 5.76 Å². The lowest BCUT2D eigenvalue weighted by Gasteiger charge is -2.20. The third-order valence-electron chi connectivity index (χ3n) is 4.13. The minimum Gasteiger partial charge on any atom is -0.461 e. The van der Waals surface area contributed by atoms with Crippen molar-refractivity contribution in [1.82, 2.24) is 10.5 Å². The number of ether oxygens (including phenoxy) is 1. The molecule has 0 spiro atoms. The van der Waals surface area contributed by atoms with Crippen molar-refractivity contribution < 1.29 is 23.3 Å². The number of furan rings is 1. The van der Waals surface area contributed by atoms with E-state index in [9.17, 15) is 9.59 Å². The standard InChI is InChI=1S/C21H22N2O5/c1-14(2)20(22-19(24)11-15-7-4-3-5-8-15)21(25)27-13-16-12-18(28-23-16)17-9-6-10-26-17/h3-10,12,14,20H,11,13H2,1-2H3,(H,22,24)/t20-/m0/s1.